The molecule has 210 valence electrons. The van der Waals surface area contributed by atoms with Crippen molar-refractivity contribution in [3.05, 3.63) is 133 Å². The molecule has 0 bridgehead atoms. The number of para-hydroxylation sites is 3. The van der Waals surface area contributed by atoms with Crippen molar-refractivity contribution >= 4 is 65.8 Å². The molecule has 0 aliphatic carbocycles. The maximum Gasteiger partial charge on any atom is 0.160 e. The Labute approximate surface area is 256 Å². The minimum atomic E-state index is 0.643. The highest BCUT2D eigenvalue weighted by molar-refractivity contribution is 6.08. The van der Waals surface area contributed by atoms with Crippen LogP contribution < -0.4 is 0 Å². The van der Waals surface area contributed by atoms with Gasteiger partial charge in [-0.15, -0.1) is 0 Å². The third kappa shape index (κ3) is 3.74. The predicted molar refractivity (Wildman–Crippen MR) is 180 cm³/mol. The van der Waals surface area contributed by atoms with Gasteiger partial charge in [0.15, 0.2) is 5.82 Å². The highest BCUT2D eigenvalue weighted by Crippen LogP contribution is 2.37. The molecule has 0 fully saturated rings. The Kier molecular flexibility index (Phi) is 4.93. The summed E-state index contributed by atoms with van der Waals surface area (Å²) in [5.74, 6) is 0.643. The van der Waals surface area contributed by atoms with Crippen LogP contribution in [-0.2, 0) is 0 Å². The first-order valence-electron chi connectivity index (χ1n) is 14.9. The summed E-state index contributed by atoms with van der Waals surface area (Å²) in [5, 5.41) is 6.39. The summed E-state index contributed by atoms with van der Waals surface area (Å²) in [6.45, 7) is 0. The number of hydrogen-bond acceptors (Lipinski definition) is 5. The summed E-state index contributed by atoms with van der Waals surface area (Å²) in [6, 6.07) is 45.1. The lowest BCUT2D eigenvalue weighted by atomic mass is 10.0. The molecule has 6 aromatic carbocycles. The normalized spacial score (nSPS) is 12.0. The Morgan fingerprint density at radius 1 is 0.311 bits per heavy atom. The predicted octanol–water partition coefficient (Wildman–Crippen LogP) is 11.2. The molecule has 0 unspecified atom stereocenters. The molecule has 4 aromatic heterocycles. The molecule has 10 aromatic rings. The largest absolute Gasteiger partial charge is 0.456 e. The van der Waals surface area contributed by atoms with Crippen molar-refractivity contribution in [2.24, 2.45) is 0 Å². The van der Waals surface area contributed by atoms with E-state index in [9.17, 15) is 0 Å². The Balaban J connectivity index is 1.21. The zero-order valence-corrected chi connectivity index (χ0v) is 23.8. The number of benzene rings is 6. The lowest BCUT2D eigenvalue weighted by molar-refractivity contribution is 0.668. The van der Waals surface area contributed by atoms with Crippen LogP contribution in [0.2, 0.25) is 0 Å². The molecule has 0 saturated carbocycles. The van der Waals surface area contributed by atoms with Crippen molar-refractivity contribution in [3.63, 3.8) is 0 Å². The fourth-order valence-corrected chi connectivity index (χ4v) is 6.51. The van der Waals surface area contributed by atoms with E-state index in [0.29, 0.717) is 5.82 Å². The Bertz CT molecular complexity index is 2470. The molecule has 4 heterocycles. The van der Waals surface area contributed by atoms with Gasteiger partial charge in [-0.1, -0.05) is 54.6 Å². The summed E-state index contributed by atoms with van der Waals surface area (Å²) in [5.41, 5.74) is 9.70. The minimum Gasteiger partial charge on any atom is -0.456 e. The summed E-state index contributed by atoms with van der Waals surface area (Å²) < 4.78 is 18.3. The summed E-state index contributed by atoms with van der Waals surface area (Å²) in [4.78, 5) is 10.3. The molecule has 0 spiro atoms. The lowest BCUT2D eigenvalue weighted by Crippen LogP contribution is -1.96. The van der Waals surface area contributed by atoms with E-state index in [1.807, 2.05) is 78.9 Å². The van der Waals surface area contributed by atoms with Crippen molar-refractivity contribution in [1.82, 2.24) is 9.97 Å². The van der Waals surface area contributed by atoms with Gasteiger partial charge < -0.3 is 13.3 Å². The van der Waals surface area contributed by atoms with Gasteiger partial charge in [0, 0.05) is 49.0 Å². The fourth-order valence-electron chi connectivity index (χ4n) is 6.51. The van der Waals surface area contributed by atoms with Crippen molar-refractivity contribution in [2.75, 3.05) is 0 Å². The minimum absolute atomic E-state index is 0.643. The van der Waals surface area contributed by atoms with Crippen LogP contribution in [0.4, 0.5) is 0 Å². The van der Waals surface area contributed by atoms with Crippen LogP contribution in [0.15, 0.2) is 147 Å². The number of nitrogens with zero attached hydrogens (tertiary/aromatic N) is 2. The zero-order valence-electron chi connectivity index (χ0n) is 23.8. The average Bonchev–Trinajstić information content (AvgIpc) is 3.78. The Hall–Kier alpha value is -6.20. The van der Waals surface area contributed by atoms with Crippen molar-refractivity contribution < 1.29 is 13.3 Å². The molecule has 10 rings (SSSR count). The van der Waals surface area contributed by atoms with Gasteiger partial charge in [0.2, 0.25) is 0 Å². The molecule has 5 nitrogen and oxygen atoms in total. The van der Waals surface area contributed by atoms with Crippen LogP contribution in [0.3, 0.4) is 0 Å². The molecule has 45 heavy (non-hydrogen) atoms. The van der Waals surface area contributed by atoms with Crippen LogP contribution in [-0.4, -0.2) is 9.97 Å². The number of hydrogen-bond donors (Lipinski definition) is 0. The van der Waals surface area contributed by atoms with E-state index < -0.39 is 0 Å². The fraction of sp³-hybridized carbons (Fsp3) is 0. The van der Waals surface area contributed by atoms with Gasteiger partial charge in [-0.05, 0) is 78.9 Å². The van der Waals surface area contributed by atoms with E-state index >= 15 is 0 Å². The van der Waals surface area contributed by atoms with Gasteiger partial charge >= 0.3 is 0 Å². The van der Waals surface area contributed by atoms with Crippen molar-refractivity contribution in [3.8, 4) is 33.9 Å². The molecule has 0 radical (unpaired) electrons. The Morgan fingerprint density at radius 3 is 1.11 bits per heavy atom. The zero-order chi connectivity index (χ0) is 29.5. The van der Waals surface area contributed by atoms with Crippen LogP contribution in [0.1, 0.15) is 0 Å². The number of fused-ring (bicyclic) bond motifs is 9. The molecule has 0 atom stereocenters. The molecule has 0 N–H and O–H groups in total. The first kappa shape index (κ1) is 24.3. The lowest BCUT2D eigenvalue weighted by Gasteiger charge is -2.10. The van der Waals surface area contributed by atoms with Gasteiger partial charge in [0.05, 0.1) is 11.4 Å². The van der Waals surface area contributed by atoms with E-state index in [1.165, 1.54) is 0 Å². The maximum atomic E-state index is 6.12. The summed E-state index contributed by atoms with van der Waals surface area (Å²) in [7, 11) is 0. The second kappa shape index (κ2) is 9.15. The van der Waals surface area contributed by atoms with Crippen LogP contribution >= 0.6 is 0 Å². The molecule has 0 saturated heterocycles. The Morgan fingerprint density at radius 2 is 0.667 bits per heavy atom. The SMILES string of the molecule is c1ccc2c(c1)oc1ccc(-c3cc(-c4ccc5oc6ccccc6c5c4)nc(-c4ccc5oc6ccccc6c5c4)n3)cc12. The second-order valence-electron chi connectivity index (χ2n) is 11.4. The molecular weight excluding hydrogens is 556 g/mol. The highest BCUT2D eigenvalue weighted by Gasteiger charge is 2.16. The van der Waals surface area contributed by atoms with Gasteiger partial charge in [-0.3, -0.25) is 0 Å². The van der Waals surface area contributed by atoms with E-state index in [4.69, 9.17) is 23.2 Å². The van der Waals surface area contributed by atoms with Crippen molar-refractivity contribution in [1.29, 1.82) is 0 Å². The molecular formula is C40H22N2O3. The molecule has 0 aliphatic rings. The number of rotatable bonds is 3. The van der Waals surface area contributed by atoms with E-state index in [0.717, 1.165) is 93.9 Å². The smallest absolute Gasteiger partial charge is 0.160 e. The van der Waals surface area contributed by atoms with Crippen molar-refractivity contribution in [2.45, 2.75) is 0 Å². The monoisotopic (exact) mass is 578 g/mol. The first-order chi connectivity index (χ1) is 22.2. The quantitative estimate of drug-likeness (QED) is 0.209. The number of aromatic nitrogens is 2. The summed E-state index contributed by atoms with van der Waals surface area (Å²) >= 11 is 0. The molecule has 5 heteroatoms. The second-order valence-corrected chi connectivity index (χ2v) is 11.4. The average molecular weight is 579 g/mol. The van der Waals surface area contributed by atoms with Crippen LogP contribution in [0.5, 0.6) is 0 Å². The molecule has 0 amide bonds. The first-order valence-corrected chi connectivity index (χ1v) is 14.9. The molecule has 0 aliphatic heterocycles. The maximum absolute atomic E-state index is 6.12. The highest BCUT2D eigenvalue weighted by atomic mass is 16.3. The van der Waals surface area contributed by atoms with Gasteiger partial charge in [-0.25, -0.2) is 9.97 Å². The van der Waals surface area contributed by atoms with E-state index in [1.54, 1.807) is 0 Å². The number of furan rings is 3. The summed E-state index contributed by atoms with van der Waals surface area (Å²) in [6.07, 6.45) is 0. The van der Waals surface area contributed by atoms with Crippen LogP contribution in [0, 0.1) is 0 Å². The van der Waals surface area contributed by atoms with E-state index in [-0.39, 0.29) is 0 Å². The topological polar surface area (TPSA) is 65.2 Å². The van der Waals surface area contributed by atoms with Gasteiger partial charge in [0.1, 0.15) is 33.5 Å². The van der Waals surface area contributed by atoms with Gasteiger partial charge in [-0.2, -0.15) is 0 Å². The standard InChI is InChI=1S/C40H22N2O3/c1-4-10-34-26(7-1)29-19-23(13-16-37(29)43-34)32-22-33(24-14-17-38-30(20-24)27-8-2-5-11-35(27)44-38)42-40(41-32)25-15-18-39-31(21-25)28-9-3-6-12-36(28)45-39/h1-22H. The van der Waals surface area contributed by atoms with E-state index in [2.05, 4.69) is 54.6 Å². The van der Waals surface area contributed by atoms with Gasteiger partial charge in [0.25, 0.3) is 0 Å². The van der Waals surface area contributed by atoms with Crippen LogP contribution in [0.25, 0.3) is 99.7 Å². The third-order valence-electron chi connectivity index (χ3n) is 8.71. The third-order valence-corrected chi connectivity index (χ3v) is 8.71.